The molecule has 0 unspecified atom stereocenters. The zero-order valence-corrected chi connectivity index (χ0v) is 19.7. The van der Waals surface area contributed by atoms with Crippen molar-refractivity contribution in [3.8, 4) is 21.9 Å². The van der Waals surface area contributed by atoms with Crippen molar-refractivity contribution in [1.29, 1.82) is 0 Å². The van der Waals surface area contributed by atoms with Gasteiger partial charge in [-0.2, -0.15) is 5.10 Å². The number of nitrogens with zero attached hydrogens (tertiary/aromatic N) is 1. The molecule has 14 heteroatoms. The maximum absolute atomic E-state index is 12.3. The molecule has 34 heavy (non-hydrogen) atoms. The summed E-state index contributed by atoms with van der Waals surface area (Å²) in [5.41, 5.74) is 4.42. The highest BCUT2D eigenvalue weighted by atomic mass is 32.2. The molecule has 2 aromatic carbocycles. The first-order valence-corrected chi connectivity index (χ1v) is 12.1. The van der Waals surface area contributed by atoms with Crippen LogP contribution >= 0.6 is 23.6 Å². The van der Waals surface area contributed by atoms with Crippen molar-refractivity contribution in [2.75, 3.05) is 5.32 Å². The van der Waals surface area contributed by atoms with E-state index in [1.807, 2.05) is 0 Å². The maximum atomic E-state index is 12.3. The van der Waals surface area contributed by atoms with E-state index >= 15 is 0 Å². The van der Waals surface area contributed by atoms with Crippen molar-refractivity contribution >= 4 is 50.1 Å². The molecule has 8 nitrogen and oxygen atoms in total. The third kappa shape index (κ3) is 6.66. The van der Waals surface area contributed by atoms with Gasteiger partial charge in [0.15, 0.2) is 5.11 Å². The van der Waals surface area contributed by atoms with Gasteiger partial charge in [0.2, 0.25) is 10.0 Å². The van der Waals surface area contributed by atoms with Gasteiger partial charge in [-0.3, -0.25) is 5.43 Å². The first kappa shape index (κ1) is 25.4. The minimum Gasteiger partial charge on any atom is -0.506 e. The summed E-state index contributed by atoms with van der Waals surface area (Å²) in [5, 5.41) is 24.3. The van der Waals surface area contributed by atoms with E-state index in [1.54, 1.807) is 12.3 Å². The van der Waals surface area contributed by atoms with Crippen LogP contribution in [0.2, 0.25) is 0 Å². The Balaban J connectivity index is 1.66. The largest absolute Gasteiger partial charge is 0.573 e. The number of sulfonamides is 1. The van der Waals surface area contributed by atoms with Crippen LogP contribution in [-0.4, -0.2) is 30.7 Å². The Bertz CT molecular complexity index is 1320. The monoisotopic (exact) mass is 530 g/mol. The van der Waals surface area contributed by atoms with Crippen LogP contribution in [-0.2, 0) is 10.0 Å². The molecular formula is C20H17F3N4O4S3. The zero-order valence-electron chi connectivity index (χ0n) is 17.3. The highest BCUT2D eigenvalue weighted by Gasteiger charge is 2.31. The van der Waals surface area contributed by atoms with Crippen molar-refractivity contribution < 1.29 is 31.4 Å². The third-order valence-corrected chi connectivity index (χ3v) is 6.41. The summed E-state index contributed by atoms with van der Waals surface area (Å²) in [6.07, 6.45) is -4.79. The number of hydrazone groups is 1. The standard InChI is InChI=1S/C20H17F3N4O4S3/c1-11(26-27-19(32)25-13-4-8-15(9-5-13)34(24,29)30)16-10-33-18(17(16)28)12-2-6-14(7-3-12)31-20(21,22)23/h2-10,28H,1H3,(H2,24,29,30)(H2,25,27,32)/b26-11+. The van der Waals surface area contributed by atoms with Gasteiger partial charge in [-0.1, -0.05) is 0 Å². The summed E-state index contributed by atoms with van der Waals surface area (Å²) in [5.74, 6) is -0.454. The van der Waals surface area contributed by atoms with E-state index in [-0.39, 0.29) is 21.5 Å². The van der Waals surface area contributed by atoms with Gasteiger partial charge < -0.3 is 15.2 Å². The predicted molar refractivity (Wildman–Crippen MR) is 127 cm³/mol. The van der Waals surface area contributed by atoms with Crippen LogP contribution in [0.4, 0.5) is 18.9 Å². The molecule has 0 saturated heterocycles. The molecule has 5 N–H and O–H groups in total. The van der Waals surface area contributed by atoms with Crippen molar-refractivity contribution in [1.82, 2.24) is 5.43 Å². The van der Waals surface area contributed by atoms with Crippen molar-refractivity contribution in [2.45, 2.75) is 18.2 Å². The summed E-state index contributed by atoms with van der Waals surface area (Å²) in [7, 11) is -3.80. The quantitative estimate of drug-likeness (QED) is 0.212. The molecule has 0 saturated carbocycles. The third-order valence-electron chi connectivity index (χ3n) is 4.27. The number of thiocarbonyl (C=S) groups is 1. The number of hydrogen-bond donors (Lipinski definition) is 4. The van der Waals surface area contributed by atoms with Gasteiger partial charge in [0.05, 0.1) is 21.0 Å². The van der Waals surface area contributed by atoms with Crippen LogP contribution < -0.4 is 20.6 Å². The van der Waals surface area contributed by atoms with Gasteiger partial charge in [0, 0.05) is 11.1 Å². The molecule has 0 aliphatic carbocycles. The van der Waals surface area contributed by atoms with Crippen LogP contribution in [0.3, 0.4) is 0 Å². The normalized spacial score (nSPS) is 12.3. The first-order valence-electron chi connectivity index (χ1n) is 9.24. The van der Waals surface area contributed by atoms with Crippen LogP contribution in [0.25, 0.3) is 10.4 Å². The number of ether oxygens (including phenoxy) is 1. The number of aromatic hydroxyl groups is 1. The Morgan fingerprint density at radius 3 is 2.32 bits per heavy atom. The second kappa shape index (κ2) is 9.97. The SMILES string of the molecule is C/C(=N\NC(=S)Nc1ccc(S(N)(=O)=O)cc1)c1csc(-c2ccc(OC(F)(F)F)cc2)c1O. The van der Waals surface area contributed by atoms with E-state index in [0.717, 1.165) is 12.1 Å². The number of thiophene rings is 1. The molecule has 0 bridgehead atoms. The maximum Gasteiger partial charge on any atom is 0.573 e. The fourth-order valence-corrected chi connectivity index (χ4v) is 4.39. The van der Waals surface area contributed by atoms with Gasteiger partial charge in [-0.15, -0.1) is 24.5 Å². The summed E-state index contributed by atoms with van der Waals surface area (Å²) in [6.45, 7) is 1.63. The molecular weight excluding hydrogens is 513 g/mol. The van der Waals surface area contributed by atoms with E-state index < -0.39 is 16.4 Å². The average molecular weight is 531 g/mol. The van der Waals surface area contributed by atoms with Gasteiger partial charge in [0.25, 0.3) is 0 Å². The molecule has 0 fully saturated rings. The fraction of sp³-hybridized carbons (Fsp3) is 0.100. The van der Waals surface area contributed by atoms with Crippen molar-refractivity contribution in [3.63, 3.8) is 0 Å². The van der Waals surface area contributed by atoms with Gasteiger partial charge >= 0.3 is 6.36 Å². The minimum absolute atomic E-state index is 0.0444. The second-order valence-electron chi connectivity index (χ2n) is 6.73. The lowest BCUT2D eigenvalue weighted by Gasteiger charge is -2.09. The minimum atomic E-state index is -4.79. The molecule has 0 aliphatic heterocycles. The molecule has 0 aliphatic rings. The topological polar surface area (TPSA) is 126 Å². The number of rotatable bonds is 6. The number of benzene rings is 2. The number of nitrogens with one attached hydrogen (secondary N) is 2. The lowest BCUT2D eigenvalue weighted by atomic mass is 10.1. The number of primary sulfonamides is 1. The number of nitrogens with two attached hydrogens (primary N) is 1. The lowest BCUT2D eigenvalue weighted by Crippen LogP contribution is -2.25. The van der Waals surface area contributed by atoms with Gasteiger partial charge in [0.1, 0.15) is 11.5 Å². The molecule has 0 amide bonds. The highest BCUT2D eigenvalue weighted by molar-refractivity contribution is 7.89. The Morgan fingerprint density at radius 2 is 1.76 bits per heavy atom. The number of halogens is 3. The number of hydrogen-bond acceptors (Lipinski definition) is 7. The summed E-state index contributed by atoms with van der Waals surface area (Å²) in [4.78, 5) is 0.399. The van der Waals surface area contributed by atoms with Crippen LogP contribution in [0.5, 0.6) is 11.5 Å². The second-order valence-corrected chi connectivity index (χ2v) is 9.58. The molecule has 0 spiro atoms. The molecule has 3 rings (SSSR count). The van der Waals surface area contributed by atoms with Gasteiger partial charge in [-0.05, 0) is 73.2 Å². The number of alkyl halides is 3. The zero-order chi connectivity index (χ0) is 25.1. The summed E-state index contributed by atoms with van der Waals surface area (Å²) >= 11 is 6.34. The van der Waals surface area contributed by atoms with Crippen molar-refractivity contribution in [3.05, 3.63) is 59.5 Å². The van der Waals surface area contributed by atoms with Crippen LogP contribution in [0.15, 0.2) is 63.9 Å². The molecule has 0 radical (unpaired) electrons. The van der Waals surface area contributed by atoms with E-state index in [1.165, 1.54) is 47.7 Å². The first-order chi connectivity index (χ1) is 15.8. The molecule has 1 heterocycles. The van der Waals surface area contributed by atoms with E-state index in [2.05, 4.69) is 20.6 Å². The van der Waals surface area contributed by atoms with Crippen molar-refractivity contribution in [2.24, 2.45) is 10.2 Å². The Kier molecular flexibility index (Phi) is 7.45. The molecule has 3 aromatic rings. The summed E-state index contributed by atoms with van der Waals surface area (Å²) in [6, 6.07) is 10.7. The van der Waals surface area contributed by atoms with Crippen LogP contribution in [0, 0.1) is 0 Å². The summed E-state index contributed by atoms with van der Waals surface area (Å²) < 4.78 is 63.4. The van der Waals surface area contributed by atoms with E-state index in [0.29, 0.717) is 27.4 Å². The Labute approximate surface area is 201 Å². The molecule has 1 aromatic heterocycles. The van der Waals surface area contributed by atoms with Crippen LogP contribution in [0.1, 0.15) is 12.5 Å². The number of anilines is 1. The average Bonchev–Trinajstić information content (AvgIpc) is 3.12. The van der Waals surface area contributed by atoms with E-state index in [9.17, 15) is 26.7 Å². The Morgan fingerprint density at radius 1 is 1.15 bits per heavy atom. The fourth-order valence-electron chi connectivity index (χ4n) is 2.70. The Hall–Kier alpha value is -3.20. The predicted octanol–water partition coefficient (Wildman–Crippen LogP) is 4.38. The molecule has 180 valence electrons. The van der Waals surface area contributed by atoms with Gasteiger partial charge in [-0.25, -0.2) is 13.6 Å². The molecule has 0 atom stereocenters. The van der Waals surface area contributed by atoms with E-state index in [4.69, 9.17) is 17.4 Å². The highest BCUT2D eigenvalue weighted by Crippen LogP contribution is 2.39. The smallest absolute Gasteiger partial charge is 0.506 e. The lowest BCUT2D eigenvalue weighted by molar-refractivity contribution is -0.274.